The number of hydrogen-bond donors (Lipinski definition) is 0. The second-order valence-corrected chi connectivity index (χ2v) is 4.26. The summed E-state index contributed by atoms with van der Waals surface area (Å²) in [5, 5.41) is 0. The molecule has 3 rings (SSSR count). The Morgan fingerprint density at radius 1 is 0.526 bits per heavy atom. The van der Waals surface area contributed by atoms with Gasteiger partial charge < -0.3 is 0 Å². The van der Waals surface area contributed by atoms with Gasteiger partial charge in [-0.15, -0.1) is 0 Å². The molecular weight excluding hydrogens is 300 g/mol. The quantitative estimate of drug-likeness (QED) is 0.605. The number of halogens is 1. The van der Waals surface area contributed by atoms with Crippen LogP contribution in [0.4, 0.5) is 0 Å². The van der Waals surface area contributed by atoms with Gasteiger partial charge in [0.15, 0.2) is 0 Å². The third-order valence-electron chi connectivity index (χ3n) is 1.87. The molecule has 0 aliphatic heterocycles. The van der Waals surface area contributed by atoms with E-state index in [0.29, 0.717) is 0 Å². The first-order valence-corrected chi connectivity index (χ1v) is 6.59. The van der Waals surface area contributed by atoms with E-state index < -0.39 is 0 Å². The number of pyridine rings is 2. The Morgan fingerprint density at radius 3 is 1.05 bits per heavy atom. The van der Waals surface area contributed by atoms with E-state index in [1.165, 1.54) is 0 Å². The van der Waals surface area contributed by atoms with Crippen LogP contribution in [0.1, 0.15) is 0 Å². The zero-order chi connectivity index (χ0) is 13.6. The maximum Gasteiger partial charge on any atom is 0.0267 e. The molecule has 0 bridgehead atoms. The van der Waals surface area contributed by atoms with E-state index in [9.17, 15) is 0 Å². The lowest BCUT2D eigenvalue weighted by atomic mass is 10.4. The molecule has 96 valence electrons. The highest BCUT2D eigenvalue weighted by atomic mass is 79.9. The van der Waals surface area contributed by atoms with Crippen molar-refractivity contribution in [2.45, 2.75) is 0 Å². The summed E-state index contributed by atoms with van der Waals surface area (Å²) in [5.41, 5.74) is 0. The van der Waals surface area contributed by atoms with Crippen LogP contribution in [0, 0.1) is 0 Å². The largest absolute Gasteiger partial charge is 0.265 e. The Kier molecular flexibility index (Phi) is 8.81. The van der Waals surface area contributed by atoms with E-state index in [-0.39, 0.29) is 0 Å². The van der Waals surface area contributed by atoms with Crippen molar-refractivity contribution >= 4 is 15.9 Å². The summed E-state index contributed by atoms with van der Waals surface area (Å²) in [6.45, 7) is 0. The molecule has 3 heteroatoms. The van der Waals surface area contributed by atoms with Crippen molar-refractivity contribution in [3.05, 3.63) is 96.0 Å². The molecule has 0 spiro atoms. The fourth-order valence-electron chi connectivity index (χ4n) is 1.04. The molecule has 0 aliphatic rings. The monoisotopic (exact) mass is 314 g/mol. The fourth-order valence-corrected chi connectivity index (χ4v) is 1.35. The third kappa shape index (κ3) is 9.68. The standard InChI is InChI=1S/C6H5Br.2C5H5N/c7-6-4-2-1-3-5-6;2*1-2-4-6-5-3-1/h1-5H;2*1-5H. The van der Waals surface area contributed by atoms with Crippen LogP contribution in [0.15, 0.2) is 96.0 Å². The van der Waals surface area contributed by atoms with Crippen LogP contribution in [-0.4, -0.2) is 9.97 Å². The number of nitrogens with zero attached hydrogens (tertiary/aromatic N) is 2. The van der Waals surface area contributed by atoms with Gasteiger partial charge in [0, 0.05) is 29.3 Å². The summed E-state index contributed by atoms with van der Waals surface area (Å²) in [4.78, 5) is 7.57. The average molecular weight is 315 g/mol. The summed E-state index contributed by atoms with van der Waals surface area (Å²) >= 11 is 3.31. The first-order valence-electron chi connectivity index (χ1n) is 5.80. The van der Waals surface area contributed by atoms with Crippen molar-refractivity contribution < 1.29 is 0 Å². The zero-order valence-corrected chi connectivity index (χ0v) is 12.0. The number of hydrogen-bond acceptors (Lipinski definition) is 2. The minimum absolute atomic E-state index is 1.13. The van der Waals surface area contributed by atoms with Gasteiger partial charge in [0.2, 0.25) is 0 Å². The Bertz CT molecular complexity index is 416. The zero-order valence-electron chi connectivity index (χ0n) is 10.4. The predicted octanol–water partition coefficient (Wildman–Crippen LogP) is 4.61. The first-order chi connectivity index (χ1) is 9.39. The lowest BCUT2D eigenvalue weighted by Crippen LogP contribution is -1.58. The molecule has 2 aromatic heterocycles. The molecule has 0 N–H and O–H groups in total. The first kappa shape index (κ1) is 15.1. The van der Waals surface area contributed by atoms with E-state index in [2.05, 4.69) is 25.9 Å². The molecule has 2 nitrogen and oxygen atoms in total. The summed E-state index contributed by atoms with van der Waals surface area (Å²) < 4.78 is 1.13. The Labute approximate surface area is 122 Å². The highest BCUT2D eigenvalue weighted by molar-refractivity contribution is 9.10. The topological polar surface area (TPSA) is 25.8 Å². The molecule has 0 radical (unpaired) electrons. The van der Waals surface area contributed by atoms with Crippen LogP contribution in [0.5, 0.6) is 0 Å². The molecule has 0 saturated heterocycles. The van der Waals surface area contributed by atoms with Crippen LogP contribution < -0.4 is 0 Å². The van der Waals surface area contributed by atoms with Crippen molar-refractivity contribution in [1.29, 1.82) is 0 Å². The molecule has 0 aliphatic carbocycles. The maximum absolute atomic E-state index is 3.78. The molecule has 3 aromatic rings. The Hall–Kier alpha value is -2.00. The van der Waals surface area contributed by atoms with E-state index in [0.717, 1.165) is 4.47 Å². The second kappa shape index (κ2) is 11.1. The Morgan fingerprint density at radius 2 is 0.895 bits per heavy atom. The highest BCUT2D eigenvalue weighted by Gasteiger charge is 1.74. The smallest absolute Gasteiger partial charge is 0.0267 e. The number of aromatic nitrogens is 2. The van der Waals surface area contributed by atoms with Gasteiger partial charge in [0.25, 0.3) is 0 Å². The lowest BCUT2D eigenvalue weighted by Gasteiger charge is -1.80. The van der Waals surface area contributed by atoms with Crippen LogP contribution in [0.2, 0.25) is 0 Å². The van der Waals surface area contributed by atoms with E-state index in [1.54, 1.807) is 24.8 Å². The number of rotatable bonds is 0. The minimum atomic E-state index is 1.13. The van der Waals surface area contributed by atoms with Gasteiger partial charge in [-0.25, -0.2) is 0 Å². The van der Waals surface area contributed by atoms with Crippen molar-refractivity contribution in [2.24, 2.45) is 0 Å². The summed E-state index contributed by atoms with van der Waals surface area (Å²) in [7, 11) is 0. The molecule has 0 unspecified atom stereocenters. The molecule has 0 atom stereocenters. The van der Waals surface area contributed by atoms with Crippen LogP contribution in [0.3, 0.4) is 0 Å². The van der Waals surface area contributed by atoms with Gasteiger partial charge in [-0.05, 0) is 36.4 Å². The van der Waals surface area contributed by atoms with Gasteiger partial charge in [0.1, 0.15) is 0 Å². The van der Waals surface area contributed by atoms with E-state index in [1.807, 2.05) is 66.7 Å². The molecule has 19 heavy (non-hydrogen) atoms. The van der Waals surface area contributed by atoms with Gasteiger partial charge >= 0.3 is 0 Å². The minimum Gasteiger partial charge on any atom is -0.265 e. The highest BCUT2D eigenvalue weighted by Crippen LogP contribution is 2.05. The van der Waals surface area contributed by atoms with Gasteiger partial charge in [-0.2, -0.15) is 0 Å². The van der Waals surface area contributed by atoms with Crippen molar-refractivity contribution in [2.75, 3.05) is 0 Å². The molecule has 0 fully saturated rings. The number of benzene rings is 1. The Balaban J connectivity index is 0.000000143. The molecular formula is C16H15BrN2. The van der Waals surface area contributed by atoms with Crippen molar-refractivity contribution in [1.82, 2.24) is 9.97 Å². The molecule has 2 heterocycles. The van der Waals surface area contributed by atoms with E-state index in [4.69, 9.17) is 0 Å². The third-order valence-corrected chi connectivity index (χ3v) is 2.39. The average Bonchev–Trinajstić information content (AvgIpc) is 2.53. The lowest BCUT2D eigenvalue weighted by molar-refractivity contribution is 1.33. The van der Waals surface area contributed by atoms with Crippen molar-refractivity contribution in [3.8, 4) is 0 Å². The molecule has 0 saturated carbocycles. The van der Waals surface area contributed by atoms with E-state index >= 15 is 0 Å². The summed E-state index contributed by atoms with van der Waals surface area (Å²) in [6, 6.07) is 21.4. The normalized spacial score (nSPS) is 8.26. The van der Waals surface area contributed by atoms with Gasteiger partial charge in [0.05, 0.1) is 0 Å². The van der Waals surface area contributed by atoms with Crippen LogP contribution >= 0.6 is 15.9 Å². The SMILES string of the molecule is Brc1ccccc1.c1ccncc1.c1ccncc1. The van der Waals surface area contributed by atoms with Crippen LogP contribution in [0.25, 0.3) is 0 Å². The van der Waals surface area contributed by atoms with Gasteiger partial charge in [-0.3, -0.25) is 9.97 Å². The maximum atomic E-state index is 3.78. The molecule has 0 amide bonds. The van der Waals surface area contributed by atoms with Crippen molar-refractivity contribution in [3.63, 3.8) is 0 Å². The van der Waals surface area contributed by atoms with Gasteiger partial charge in [-0.1, -0.05) is 46.3 Å². The predicted molar refractivity (Wildman–Crippen MR) is 82.6 cm³/mol. The van der Waals surface area contributed by atoms with Crippen LogP contribution in [-0.2, 0) is 0 Å². The fraction of sp³-hybridized carbons (Fsp3) is 0. The summed E-state index contributed by atoms with van der Waals surface area (Å²) in [5.74, 6) is 0. The molecule has 1 aromatic carbocycles. The second-order valence-electron chi connectivity index (χ2n) is 3.34. The summed E-state index contributed by atoms with van der Waals surface area (Å²) in [6.07, 6.45) is 7.00.